The van der Waals surface area contributed by atoms with Gasteiger partial charge in [0, 0.05) is 0 Å². The van der Waals surface area contributed by atoms with Crippen LogP contribution in [0.4, 0.5) is 0 Å². The highest BCUT2D eigenvalue weighted by atomic mass is 16.4. The van der Waals surface area contributed by atoms with Gasteiger partial charge in [-0.2, -0.15) is 0 Å². The molecule has 0 aromatic heterocycles. The zero-order valence-corrected chi connectivity index (χ0v) is 12.2. The van der Waals surface area contributed by atoms with Crippen molar-refractivity contribution in [3.63, 3.8) is 0 Å². The van der Waals surface area contributed by atoms with Crippen molar-refractivity contribution in [1.82, 2.24) is 0 Å². The van der Waals surface area contributed by atoms with Crippen molar-refractivity contribution in [1.29, 1.82) is 0 Å². The number of rotatable bonds is 12. The quantitative estimate of drug-likeness (QED) is 0.377. The molecule has 0 unspecified atom stereocenters. The molecular weight excluding hydrogens is 224 g/mol. The Kier molecular flexibility index (Phi) is 12.1. The van der Waals surface area contributed by atoms with Crippen molar-refractivity contribution in [2.45, 2.75) is 84.5 Å². The van der Waals surface area contributed by atoms with E-state index in [9.17, 15) is 4.79 Å². The minimum atomic E-state index is -0.690. The molecule has 18 heavy (non-hydrogen) atoms. The summed E-state index contributed by atoms with van der Waals surface area (Å²) in [7, 11) is 0. The van der Waals surface area contributed by atoms with Gasteiger partial charge in [-0.05, 0) is 25.7 Å². The van der Waals surface area contributed by atoms with Gasteiger partial charge in [-0.25, -0.2) is 0 Å². The number of unbranched alkanes of at least 4 members (excludes halogenated alkanes) is 7. The van der Waals surface area contributed by atoms with Gasteiger partial charge in [-0.15, -0.1) is 0 Å². The SMILES string of the molecule is CCCCCC/C=C(/CCCCCC)CC(=O)O. The molecule has 0 aliphatic heterocycles. The summed E-state index contributed by atoms with van der Waals surface area (Å²) < 4.78 is 0. The summed E-state index contributed by atoms with van der Waals surface area (Å²) >= 11 is 0. The number of hydrogen-bond acceptors (Lipinski definition) is 1. The van der Waals surface area contributed by atoms with Gasteiger partial charge in [0.2, 0.25) is 0 Å². The lowest BCUT2D eigenvalue weighted by atomic mass is 10.0. The highest BCUT2D eigenvalue weighted by molar-refractivity contribution is 5.69. The van der Waals surface area contributed by atoms with Gasteiger partial charge in [-0.1, -0.05) is 64.0 Å². The first-order valence-electron chi connectivity index (χ1n) is 7.60. The fourth-order valence-corrected chi connectivity index (χ4v) is 2.11. The Labute approximate surface area is 112 Å². The second-order valence-electron chi connectivity index (χ2n) is 5.09. The Hall–Kier alpha value is -0.790. The maximum absolute atomic E-state index is 10.8. The molecule has 2 heteroatoms. The zero-order chi connectivity index (χ0) is 13.6. The molecule has 0 spiro atoms. The van der Waals surface area contributed by atoms with Crippen LogP contribution in [0, 0.1) is 0 Å². The van der Waals surface area contributed by atoms with Gasteiger partial charge in [0.25, 0.3) is 0 Å². The lowest BCUT2D eigenvalue weighted by Crippen LogP contribution is -1.98. The lowest BCUT2D eigenvalue weighted by molar-refractivity contribution is -0.136. The Bertz CT molecular complexity index is 231. The van der Waals surface area contributed by atoms with Crippen molar-refractivity contribution in [2.24, 2.45) is 0 Å². The highest BCUT2D eigenvalue weighted by Crippen LogP contribution is 2.16. The molecule has 0 aromatic carbocycles. The average Bonchev–Trinajstić information content (AvgIpc) is 2.33. The van der Waals surface area contributed by atoms with Crippen molar-refractivity contribution < 1.29 is 9.90 Å². The summed E-state index contributed by atoms with van der Waals surface area (Å²) in [5.74, 6) is -0.690. The molecule has 0 bridgehead atoms. The summed E-state index contributed by atoms with van der Waals surface area (Å²) in [4.78, 5) is 10.8. The van der Waals surface area contributed by atoms with E-state index in [0.717, 1.165) is 24.8 Å². The van der Waals surface area contributed by atoms with Gasteiger partial charge in [0.15, 0.2) is 0 Å². The molecule has 0 heterocycles. The van der Waals surface area contributed by atoms with Crippen molar-refractivity contribution in [3.8, 4) is 0 Å². The van der Waals surface area contributed by atoms with Crippen LogP contribution in [0.25, 0.3) is 0 Å². The van der Waals surface area contributed by atoms with Crippen LogP contribution < -0.4 is 0 Å². The molecule has 0 radical (unpaired) electrons. The molecule has 0 rings (SSSR count). The molecule has 0 atom stereocenters. The third-order valence-electron chi connectivity index (χ3n) is 3.22. The topological polar surface area (TPSA) is 37.3 Å². The Balaban J connectivity index is 3.88. The van der Waals surface area contributed by atoms with E-state index in [1.54, 1.807) is 0 Å². The first-order valence-corrected chi connectivity index (χ1v) is 7.60. The third-order valence-corrected chi connectivity index (χ3v) is 3.22. The number of carbonyl (C=O) groups is 1. The summed E-state index contributed by atoms with van der Waals surface area (Å²) in [5, 5.41) is 8.89. The van der Waals surface area contributed by atoms with Crippen LogP contribution in [0.1, 0.15) is 84.5 Å². The summed E-state index contributed by atoms with van der Waals surface area (Å²) in [6, 6.07) is 0. The van der Waals surface area contributed by atoms with Gasteiger partial charge in [0.1, 0.15) is 0 Å². The molecule has 0 amide bonds. The van der Waals surface area contributed by atoms with E-state index >= 15 is 0 Å². The lowest BCUT2D eigenvalue weighted by Gasteiger charge is -2.05. The highest BCUT2D eigenvalue weighted by Gasteiger charge is 2.03. The predicted molar refractivity (Wildman–Crippen MR) is 77.9 cm³/mol. The van der Waals surface area contributed by atoms with E-state index in [0.29, 0.717) is 0 Å². The smallest absolute Gasteiger partial charge is 0.307 e. The van der Waals surface area contributed by atoms with Crippen LogP contribution in [-0.4, -0.2) is 11.1 Å². The number of allylic oxidation sites excluding steroid dienone is 1. The normalized spacial score (nSPS) is 11.8. The van der Waals surface area contributed by atoms with Gasteiger partial charge in [-0.3, -0.25) is 4.79 Å². The van der Waals surface area contributed by atoms with E-state index in [1.165, 1.54) is 44.9 Å². The molecule has 0 aliphatic carbocycles. The van der Waals surface area contributed by atoms with Gasteiger partial charge in [0.05, 0.1) is 6.42 Å². The second kappa shape index (κ2) is 12.7. The molecule has 0 aliphatic rings. The monoisotopic (exact) mass is 254 g/mol. The number of aliphatic carboxylic acids is 1. The molecule has 0 saturated heterocycles. The number of carboxylic acid groups (broad SMARTS) is 1. The van der Waals surface area contributed by atoms with E-state index < -0.39 is 5.97 Å². The van der Waals surface area contributed by atoms with E-state index in [-0.39, 0.29) is 6.42 Å². The molecule has 1 N–H and O–H groups in total. The largest absolute Gasteiger partial charge is 0.481 e. The van der Waals surface area contributed by atoms with E-state index in [4.69, 9.17) is 5.11 Å². The molecule has 106 valence electrons. The number of hydrogen-bond donors (Lipinski definition) is 1. The first-order chi connectivity index (χ1) is 8.70. The summed E-state index contributed by atoms with van der Waals surface area (Å²) in [6.07, 6.45) is 14.3. The van der Waals surface area contributed by atoms with Crippen LogP contribution >= 0.6 is 0 Å². The fraction of sp³-hybridized carbons (Fsp3) is 0.812. The van der Waals surface area contributed by atoms with E-state index in [1.807, 2.05) is 0 Å². The zero-order valence-electron chi connectivity index (χ0n) is 12.2. The summed E-state index contributed by atoms with van der Waals surface area (Å²) in [5.41, 5.74) is 1.13. The molecule has 0 saturated carbocycles. The van der Waals surface area contributed by atoms with Crippen LogP contribution in [-0.2, 0) is 4.79 Å². The number of carboxylic acids is 1. The maximum atomic E-state index is 10.8. The third kappa shape index (κ3) is 11.7. The summed E-state index contributed by atoms with van der Waals surface area (Å²) in [6.45, 7) is 4.40. The van der Waals surface area contributed by atoms with E-state index in [2.05, 4.69) is 19.9 Å². The van der Waals surface area contributed by atoms with Gasteiger partial charge < -0.3 is 5.11 Å². The molecule has 0 fully saturated rings. The molecular formula is C16H30O2. The second-order valence-corrected chi connectivity index (χ2v) is 5.09. The van der Waals surface area contributed by atoms with Crippen LogP contribution in [0.15, 0.2) is 11.6 Å². The Morgan fingerprint density at radius 2 is 1.56 bits per heavy atom. The van der Waals surface area contributed by atoms with Crippen LogP contribution in [0.2, 0.25) is 0 Å². The average molecular weight is 254 g/mol. The Morgan fingerprint density at radius 3 is 2.11 bits per heavy atom. The van der Waals surface area contributed by atoms with Crippen LogP contribution in [0.3, 0.4) is 0 Å². The predicted octanol–water partition coefficient (Wildman–Crippen LogP) is 5.33. The molecule has 0 aromatic rings. The van der Waals surface area contributed by atoms with Crippen molar-refractivity contribution in [3.05, 3.63) is 11.6 Å². The minimum absolute atomic E-state index is 0.236. The minimum Gasteiger partial charge on any atom is -0.481 e. The van der Waals surface area contributed by atoms with Crippen molar-refractivity contribution in [2.75, 3.05) is 0 Å². The Morgan fingerprint density at radius 1 is 0.944 bits per heavy atom. The van der Waals surface area contributed by atoms with Gasteiger partial charge >= 0.3 is 5.97 Å². The maximum Gasteiger partial charge on any atom is 0.307 e. The first kappa shape index (κ1) is 17.2. The van der Waals surface area contributed by atoms with Crippen LogP contribution in [0.5, 0.6) is 0 Å². The standard InChI is InChI=1S/C16H30O2/c1-3-5-7-9-11-13-15(14-16(17)18)12-10-8-6-4-2/h13H,3-12,14H2,1-2H3,(H,17,18)/b15-13-. The molecule has 2 nitrogen and oxygen atoms in total. The van der Waals surface area contributed by atoms with Crippen molar-refractivity contribution >= 4 is 5.97 Å². The fourth-order valence-electron chi connectivity index (χ4n) is 2.11.